The molecule has 0 bridgehead atoms. The Bertz CT molecular complexity index is 794. The molecule has 150 valence electrons. The molecule has 1 saturated heterocycles. The number of amides is 1. The maximum absolute atomic E-state index is 12.5. The maximum atomic E-state index is 12.5. The van der Waals surface area contributed by atoms with Crippen LogP contribution in [0.3, 0.4) is 0 Å². The largest absolute Gasteiger partial charge is 0.493 e. The van der Waals surface area contributed by atoms with Crippen molar-refractivity contribution < 1.29 is 14.3 Å². The first kappa shape index (κ1) is 20.4. The van der Waals surface area contributed by atoms with Crippen molar-refractivity contribution in [3.8, 4) is 11.5 Å². The third kappa shape index (κ3) is 5.59. The minimum absolute atomic E-state index is 0.0530. The number of rotatable bonds is 7. The Morgan fingerprint density at radius 1 is 1.18 bits per heavy atom. The molecule has 0 radical (unpaired) electrons. The Morgan fingerprint density at radius 2 is 1.96 bits per heavy atom. The molecule has 1 aliphatic heterocycles. The van der Waals surface area contributed by atoms with Crippen molar-refractivity contribution in [2.75, 3.05) is 33.3 Å². The fourth-order valence-corrected chi connectivity index (χ4v) is 3.91. The molecule has 1 aliphatic rings. The molecule has 1 aromatic heterocycles. The Morgan fingerprint density at radius 3 is 2.61 bits per heavy atom. The van der Waals surface area contributed by atoms with Gasteiger partial charge >= 0.3 is 0 Å². The predicted molar refractivity (Wildman–Crippen MR) is 114 cm³/mol. The van der Waals surface area contributed by atoms with E-state index in [9.17, 15) is 4.79 Å². The summed E-state index contributed by atoms with van der Waals surface area (Å²) in [5.74, 6) is 1.44. The fraction of sp³-hybridized carbons (Fsp3) is 0.409. The number of carbonyl (C=O) groups is 1. The number of thiophene rings is 1. The molecule has 0 saturated carbocycles. The van der Waals surface area contributed by atoms with Gasteiger partial charge in [0.05, 0.1) is 13.2 Å². The van der Waals surface area contributed by atoms with Crippen molar-refractivity contribution in [2.24, 2.45) is 0 Å². The average Bonchev–Trinajstić information content (AvgIpc) is 3.20. The SMILES string of the molecule is COc1cc(/C=C/C(=O)N2CCN(Cc3cccs3)CC2)ccc1OC(C)C. The predicted octanol–water partition coefficient (Wildman–Crippen LogP) is 3.90. The molecule has 0 aliphatic carbocycles. The van der Waals surface area contributed by atoms with Crippen LogP contribution in [0.25, 0.3) is 6.08 Å². The van der Waals surface area contributed by atoms with Gasteiger partial charge in [0.15, 0.2) is 11.5 Å². The number of carbonyl (C=O) groups excluding carboxylic acids is 1. The summed E-state index contributed by atoms with van der Waals surface area (Å²) in [7, 11) is 1.62. The van der Waals surface area contributed by atoms with Crippen LogP contribution in [-0.4, -0.2) is 55.1 Å². The topological polar surface area (TPSA) is 42.0 Å². The zero-order valence-electron chi connectivity index (χ0n) is 16.8. The Balaban J connectivity index is 1.54. The van der Waals surface area contributed by atoms with Crippen LogP contribution in [0.5, 0.6) is 11.5 Å². The van der Waals surface area contributed by atoms with Crippen LogP contribution in [-0.2, 0) is 11.3 Å². The summed E-state index contributed by atoms with van der Waals surface area (Å²) in [6.07, 6.45) is 3.56. The molecule has 0 spiro atoms. The summed E-state index contributed by atoms with van der Waals surface area (Å²) < 4.78 is 11.1. The van der Waals surface area contributed by atoms with Crippen molar-refractivity contribution in [2.45, 2.75) is 26.5 Å². The first-order valence-corrected chi connectivity index (χ1v) is 10.5. The van der Waals surface area contributed by atoms with Crippen molar-refractivity contribution in [3.63, 3.8) is 0 Å². The highest BCUT2D eigenvalue weighted by atomic mass is 32.1. The second-order valence-electron chi connectivity index (χ2n) is 7.09. The minimum Gasteiger partial charge on any atom is -0.493 e. The lowest BCUT2D eigenvalue weighted by molar-refractivity contribution is -0.127. The summed E-state index contributed by atoms with van der Waals surface area (Å²) >= 11 is 1.78. The van der Waals surface area contributed by atoms with Crippen LogP contribution in [0.1, 0.15) is 24.3 Å². The Kier molecular flexibility index (Phi) is 7.12. The van der Waals surface area contributed by atoms with Gasteiger partial charge in [0.25, 0.3) is 0 Å². The van der Waals surface area contributed by atoms with Gasteiger partial charge in [-0.3, -0.25) is 9.69 Å². The van der Waals surface area contributed by atoms with Crippen molar-refractivity contribution >= 4 is 23.3 Å². The van der Waals surface area contributed by atoms with E-state index in [2.05, 4.69) is 22.4 Å². The second kappa shape index (κ2) is 9.75. The summed E-state index contributed by atoms with van der Waals surface area (Å²) in [4.78, 5) is 18.2. The zero-order valence-corrected chi connectivity index (χ0v) is 17.6. The number of hydrogen-bond donors (Lipinski definition) is 0. The van der Waals surface area contributed by atoms with Gasteiger partial charge in [0.2, 0.25) is 5.91 Å². The van der Waals surface area contributed by atoms with Crippen LogP contribution < -0.4 is 9.47 Å². The molecule has 3 rings (SSSR count). The normalized spacial score (nSPS) is 15.4. The van der Waals surface area contributed by atoms with E-state index in [-0.39, 0.29) is 12.0 Å². The summed E-state index contributed by atoms with van der Waals surface area (Å²) in [5, 5.41) is 2.11. The summed E-state index contributed by atoms with van der Waals surface area (Å²) in [5.41, 5.74) is 0.914. The van der Waals surface area contributed by atoms with Crippen LogP contribution in [0, 0.1) is 0 Å². The molecule has 28 heavy (non-hydrogen) atoms. The van der Waals surface area contributed by atoms with E-state index in [4.69, 9.17) is 9.47 Å². The number of methoxy groups -OCH3 is 1. The van der Waals surface area contributed by atoms with Crippen molar-refractivity contribution in [3.05, 3.63) is 52.2 Å². The van der Waals surface area contributed by atoms with Crippen LogP contribution in [0.4, 0.5) is 0 Å². The third-order valence-corrected chi connectivity index (χ3v) is 5.47. The fourth-order valence-electron chi connectivity index (χ4n) is 3.16. The molecule has 0 atom stereocenters. The first-order chi connectivity index (χ1) is 13.5. The lowest BCUT2D eigenvalue weighted by Gasteiger charge is -2.34. The van der Waals surface area contributed by atoms with Gasteiger partial charge in [-0.2, -0.15) is 0 Å². The maximum Gasteiger partial charge on any atom is 0.246 e. The smallest absolute Gasteiger partial charge is 0.246 e. The highest BCUT2D eigenvalue weighted by Gasteiger charge is 2.19. The summed E-state index contributed by atoms with van der Waals surface area (Å²) in [6, 6.07) is 9.95. The van der Waals surface area contributed by atoms with E-state index in [0.717, 1.165) is 38.3 Å². The van der Waals surface area contributed by atoms with Gasteiger partial charge in [-0.1, -0.05) is 12.1 Å². The van der Waals surface area contributed by atoms with Gasteiger partial charge in [-0.25, -0.2) is 0 Å². The van der Waals surface area contributed by atoms with Gasteiger partial charge < -0.3 is 14.4 Å². The van der Waals surface area contributed by atoms with E-state index in [1.165, 1.54) is 4.88 Å². The van der Waals surface area contributed by atoms with Gasteiger partial charge in [-0.15, -0.1) is 11.3 Å². The monoisotopic (exact) mass is 400 g/mol. The van der Waals surface area contributed by atoms with Crippen molar-refractivity contribution in [1.82, 2.24) is 9.80 Å². The minimum atomic E-state index is 0.0530. The molecule has 1 amide bonds. The molecule has 6 heteroatoms. The van der Waals surface area contributed by atoms with Crippen LogP contribution in [0.2, 0.25) is 0 Å². The molecule has 0 unspecified atom stereocenters. The molecule has 1 aromatic carbocycles. The molecule has 2 heterocycles. The number of ether oxygens (including phenoxy) is 2. The highest BCUT2D eigenvalue weighted by molar-refractivity contribution is 7.09. The quantitative estimate of drug-likeness (QED) is 0.661. The molecular weight excluding hydrogens is 372 g/mol. The number of nitrogens with zero attached hydrogens (tertiary/aromatic N) is 2. The van der Waals surface area contributed by atoms with Gasteiger partial charge in [0.1, 0.15) is 0 Å². The Labute approximate surface area is 171 Å². The van der Waals surface area contributed by atoms with Gasteiger partial charge in [-0.05, 0) is 49.1 Å². The van der Waals surface area contributed by atoms with E-state index in [0.29, 0.717) is 11.5 Å². The van der Waals surface area contributed by atoms with Crippen LogP contribution >= 0.6 is 11.3 Å². The zero-order chi connectivity index (χ0) is 19.9. The molecule has 5 nitrogen and oxygen atoms in total. The highest BCUT2D eigenvalue weighted by Crippen LogP contribution is 2.29. The lowest BCUT2D eigenvalue weighted by atomic mass is 10.1. The van der Waals surface area contributed by atoms with E-state index < -0.39 is 0 Å². The van der Waals surface area contributed by atoms with Crippen LogP contribution in [0.15, 0.2) is 41.8 Å². The van der Waals surface area contributed by atoms with Gasteiger partial charge in [0, 0.05) is 43.7 Å². The molecule has 2 aromatic rings. The second-order valence-corrected chi connectivity index (χ2v) is 8.12. The lowest BCUT2D eigenvalue weighted by Crippen LogP contribution is -2.47. The van der Waals surface area contributed by atoms with E-state index >= 15 is 0 Å². The van der Waals surface area contributed by atoms with E-state index in [1.54, 1.807) is 24.5 Å². The number of benzene rings is 1. The molecule has 0 N–H and O–H groups in total. The van der Waals surface area contributed by atoms with Crippen molar-refractivity contribution in [1.29, 1.82) is 0 Å². The summed E-state index contributed by atoms with van der Waals surface area (Å²) in [6.45, 7) is 8.27. The number of piperazine rings is 1. The Hall–Kier alpha value is -2.31. The third-order valence-electron chi connectivity index (χ3n) is 4.61. The molecular formula is C22H28N2O3S. The molecule has 1 fully saturated rings. The standard InChI is InChI=1S/C22H28N2O3S/c1-17(2)27-20-8-6-18(15-21(20)26-3)7-9-22(25)24-12-10-23(11-13-24)16-19-5-4-14-28-19/h4-9,14-15,17H,10-13,16H2,1-3H3/b9-7+. The average molecular weight is 401 g/mol. The van der Waals surface area contributed by atoms with E-state index in [1.807, 2.05) is 43.0 Å². The first-order valence-electron chi connectivity index (χ1n) is 9.61. The number of hydrogen-bond acceptors (Lipinski definition) is 5.